The average Bonchev–Trinajstić information content (AvgIpc) is 3.20. The van der Waals surface area contributed by atoms with Crippen molar-refractivity contribution in [3.05, 3.63) is 72.6 Å². The molecule has 0 radical (unpaired) electrons. The van der Waals surface area contributed by atoms with Crippen molar-refractivity contribution in [3.63, 3.8) is 0 Å². The minimum Gasteiger partial charge on any atom is -0.497 e. The van der Waals surface area contributed by atoms with Crippen LogP contribution in [-0.4, -0.2) is 28.2 Å². The molecule has 2 aromatic heterocycles. The first-order valence-corrected chi connectivity index (χ1v) is 8.09. The smallest absolute Gasteiger partial charge is 0.256 e. The monoisotopic (exact) mass is 344 g/mol. The Morgan fingerprint density at radius 1 is 1.12 bits per heavy atom. The fraction of sp³-hybridized carbons (Fsp3) is 0.0500. The number of rotatable bonds is 4. The Morgan fingerprint density at radius 3 is 2.65 bits per heavy atom. The minimum absolute atomic E-state index is 0.209. The maximum atomic E-state index is 12.8. The second-order valence-corrected chi connectivity index (χ2v) is 5.74. The van der Waals surface area contributed by atoms with E-state index in [1.165, 1.54) is 0 Å². The number of anilines is 1. The van der Waals surface area contributed by atoms with Crippen molar-refractivity contribution >= 4 is 22.5 Å². The number of aromatic nitrogens is 3. The second kappa shape index (κ2) is 6.68. The molecule has 26 heavy (non-hydrogen) atoms. The van der Waals surface area contributed by atoms with E-state index in [0.717, 1.165) is 27.9 Å². The van der Waals surface area contributed by atoms with Crippen LogP contribution in [0.5, 0.6) is 5.75 Å². The SMILES string of the molecule is COc1ccc(-c2cc(C(=O)Nc3cn[nH]c3)c3ccccc3n2)cc1. The van der Waals surface area contributed by atoms with Crippen LogP contribution in [0.1, 0.15) is 10.4 Å². The number of hydrogen-bond acceptors (Lipinski definition) is 4. The number of carbonyl (C=O) groups is 1. The summed E-state index contributed by atoms with van der Waals surface area (Å²) in [6.07, 6.45) is 3.19. The predicted molar refractivity (Wildman–Crippen MR) is 100 cm³/mol. The Bertz CT molecular complexity index is 1060. The van der Waals surface area contributed by atoms with Gasteiger partial charge in [0, 0.05) is 17.1 Å². The lowest BCUT2D eigenvalue weighted by molar-refractivity contribution is 0.102. The van der Waals surface area contributed by atoms with Gasteiger partial charge in [-0.15, -0.1) is 0 Å². The molecule has 0 unspecified atom stereocenters. The topological polar surface area (TPSA) is 79.9 Å². The third kappa shape index (κ3) is 3.00. The summed E-state index contributed by atoms with van der Waals surface area (Å²) in [7, 11) is 1.63. The van der Waals surface area contributed by atoms with Crippen LogP contribution >= 0.6 is 0 Å². The van der Waals surface area contributed by atoms with Gasteiger partial charge < -0.3 is 10.1 Å². The highest BCUT2D eigenvalue weighted by Gasteiger charge is 2.14. The molecule has 0 aliphatic heterocycles. The van der Waals surface area contributed by atoms with Gasteiger partial charge in [-0.3, -0.25) is 9.89 Å². The van der Waals surface area contributed by atoms with Crippen LogP contribution in [0.25, 0.3) is 22.2 Å². The molecule has 0 bridgehead atoms. The van der Waals surface area contributed by atoms with Crippen molar-refractivity contribution in [1.29, 1.82) is 0 Å². The number of benzene rings is 2. The van der Waals surface area contributed by atoms with Crippen LogP contribution in [0, 0.1) is 0 Å². The van der Waals surface area contributed by atoms with E-state index in [2.05, 4.69) is 15.5 Å². The van der Waals surface area contributed by atoms with Gasteiger partial charge in [0.05, 0.1) is 35.8 Å². The van der Waals surface area contributed by atoms with E-state index in [4.69, 9.17) is 9.72 Å². The Labute approximate surface area is 149 Å². The zero-order chi connectivity index (χ0) is 17.9. The molecule has 4 aromatic rings. The summed E-state index contributed by atoms with van der Waals surface area (Å²) in [5, 5.41) is 10.2. The Morgan fingerprint density at radius 2 is 1.92 bits per heavy atom. The fourth-order valence-electron chi connectivity index (χ4n) is 2.79. The number of methoxy groups -OCH3 is 1. The second-order valence-electron chi connectivity index (χ2n) is 5.74. The largest absolute Gasteiger partial charge is 0.497 e. The van der Waals surface area contributed by atoms with Crippen LogP contribution in [0.2, 0.25) is 0 Å². The number of aromatic amines is 1. The normalized spacial score (nSPS) is 10.7. The molecule has 2 aromatic carbocycles. The molecule has 1 amide bonds. The summed E-state index contributed by atoms with van der Waals surface area (Å²) in [5.74, 6) is 0.562. The first kappa shape index (κ1) is 15.8. The molecule has 2 heterocycles. The first-order chi connectivity index (χ1) is 12.7. The number of carbonyl (C=O) groups excluding carboxylic acids is 1. The molecule has 2 N–H and O–H groups in total. The number of nitrogens with zero attached hydrogens (tertiary/aromatic N) is 2. The first-order valence-electron chi connectivity index (χ1n) is 8.09. The maximum absolute atomic E-state index is 12.8. The standard InChI is InChI=1S/C20H16N4O2/c1-26-15-8-6-13(7-9-15)19-10-17(16-4-2-3-5-18(16)24-19)20(25)23-14-11-21-22-12-14/h2-12H,1H3,(H,21,22)(H,23,25). The van der Waals surface area contributed by atoms with Crippen LogP contribution in [0.3, 0.4) is 0 Å². The molecule has 4 rings (SSSR count). The van der Waals surface area contributed by atoms with E-state index in [-0.39, 0.29) is 5.91 Å². The zero-order valence-corrected chi connectivity index (χ0v) is 14.1. The average molecular weight is 344 g/mol. The number of ether oxygens (including phenoxy) is 1. The van der Waals surface area contributed by atoms with E-state index in [0.29, 0.717) is 11.3 Å². The third-order valence-electron chi connectivity index (χ3n) is 4.10. The number of nitrogens with one attached hydrogen (secondary N) is 2. The van der Waals surface area contributed by atoms with Gasteiger partial charge in [0.2, 0.25) is 0 Å². The summed E-state index contributed by atoms with van der Waals surface area (Å²) >= 11 is 0. The van der Waals surface area contributed by atoms with E-state index >= 15 is 0 Å². The number of hydrogen-bond donors (Lipinski definition) is 2. The van der Waals surface area contributed by atoms with Gasteiger partial charge in [0.1, 0.15) is 5.75 Å². The molecule has 0 fully saturated rings. The quantitative estimate of drug-likeness (QED) is 0.589. The number of H-pyrrole nitrogens is 1. The number of pyridine rings is 1. The van der Waals surface area contributed by atoms with Crippen molar-refractivity contribution in [2.45, 2.75) is 0 Å². The summed E-state index contributed by atoms with van der Waals surface area (Å²) < 4.78 is 5.20. The number of amides is 1. The van der Waals surface area contributed by atoms with Gasteiger partial charge in [-0.05, 0) is 36.4 Å². The lowest BCUT2D eigenvalue weighted by Gasteiger charge is -2.10. The Kier molecular flexibility index (Phi) is 4.07. The van der Waals surface area contributed by atoms with Crippen molar-refractivity contribution in [1.82, 2.24) is 15.2 Å². The highest BCUT2D eigenvalue weighted by molar-refractivity contribution is 6.13. The molecule has 6 nitrogen and oxygen atoms in total. The van der Waals surface area contributed by atoms with Gasteiger partial charge in [-0.2, -0.15) is 5.10 Å². The Balaban J connectivity index is 1.81. The molecule has 6 heteroatoms. The van der Waals surface area contributed by atoms with Crippen molar-refractivity contribution in [2.75, 3.05) is 12.4 Å². The molecule has 0 spiro atoms. The van der Waals surface area contributed by atoms with Gasteiger partial charge in [0.25, 0.3) is 5.91 Å². The zero-order valence-electron chi connectivity index (χ0n) is 14.1. The summed E-state index contributed by atoms with van der Waals surface area (Å²) in [6, 6.07) is 17.0. The molecular formula is C20H16N4O2. The van der Waals surface area contributed by atoms with E-state index in [1.807, 2.05) is 48.5 Å². The van der Waals surface area contributed by atoms with E-state index in [1.54, 1.807) is 25.6 Å². The molecule has 0 aliphatic rings. The molecule has 0 saturated carbocycles. The highest BCUT2D eigenvalue weighted by Crippen LogP contribution is 2.26. The number of fused-ring (bicyclic) bond motifs is 1. The van der Waals surface area contributed by atoms with E-state index < -0.39 is 0 Å². The van der Waals surface area contributed by atoms with Crippen molar-refractivity contribution in [2.24, 2.45) is 0 Å². The summed E-state index contributed by atoms with van der Waals surface area (Å²) in [4.78, 5) is 17.5. The molecule has 0 atom stereocenters. The van der Waals surface area contributed by atoms with Crippen LogP contribution in [0.4, 0.5) is 5.69 Å². The minimum atomic E-state index is -0.209. The molecule has 0 aliphatic carbocycles. The summed E-state index contributed by atoms with van der Waals surface area (Å²) in [6.45, 7) is 0. The maximum Gasteiger partial charge on any atom is 0.256 e. The van der Waals surface area contributed by atoms with Crippen LogP contribution < -0.4 is 10.1 Å². The van der Waals surface area contributed by atoms with Crippen molar-refractivity contribution < 1.29 is 9.53 Å². The predicted octanol–water partition coefficient (Wildman–Crippen LogP) is 3.89. The number of para-hydroxylation sites is 1. The van der Waals surface area contributed by atoms with E-state index in [9.17, 15) is 4.79 Å². The van der Waals surface area contributed by atoms with Gasteiger partial charge in [0.15, 0.2) is 0 Å². The van der Waals surface area contributed by atoms with Crippen molar-refractivity contribution in [3.8, 4) is 17.0 Å². The summed E-state index contributed by atoms with van der Waals surface area (Å²) in [5.41, 5.74) is 3.57. The van der Waals surface area contributed by atoms with Gasteiger partial charge >= 0.3 is 0 Å². The molecular weight excluding hydrogens is 328 g/mol. The van der Waals surface area contributed by atoms with Gasteiger partial charge in [-0.25, -0.2) is 4.98 Å². The Hall–Kier alpha value is -3.67. The molecule has 0 saturated heterocycles. The lowest BCUT2D eigenvalue weighted by atomic mass is 10.0. The highest BCUT2D eigenvalue weighted by atomic mass is 16.5. The molecule has 128 valence electrons. The van der Waals surface area contributed by atoms with Crippen LogP contribution in [-0.2, 0) is 0 Å². The van der Waals surface area contributed by atoms with Gasteiger partial charge in [-0.1, -0.05) is 18.2 Å². The fourth-order valence-corrected chi connectivity index (χ4v) is 2.79. The lowest BCUT2D eigenvalue weighted by Crippen LogP contribution is -2.12. The third-order valence-corrected chi connectivity index (χ3v) is 4.10. The van der Waals surface area contributed by atoms with Crippen LogP contribution in [0.15, 0.2) is 67.0 Å².